The third kappa shape index (κ3) is 2.34. The van der Waals surface area contributed by atoms with Crippen LogP contribution in [0.4, 0.5) is 0 Å². The number of hydroxylamine groups is 3. The molecule has 1 aromatic carbocycles. The molecule has 0 aliphatic carbocycles. The SMILES string of the molecule is [O-][N+]1(CCc2ccccc2)CCCC1. The third-order valence-corrected chi connectivity index (χ3v) is 3.03. The van der Waals surface area contributed by atoms with Crippen molar-refractivity contribution in [1.29, 1.82) is 0 Å². The van der Waals surface area contributed by atoms with Crippen molar-refractivity contribution >= 4 is 0 Å². The van der Waals surface area contributed by atoms with Gasteiger partial charge in [0.2, 0.25) is 0 Å². The Labute approximate surface area is 85.3 Å². The van der Waals surface area contributed by atoms with Gasteiger partial charge in [-0.25, -0.2) is 0 Å². The zero-order chi connectivity index (χ0) is 9.86. The van der Waals surface area contributed by atoms with Gasteiger partial charge >= 0.3 is 0 Å². The summed E-state index contributed by atoms with van der Waals surface area (Å²) in [7, 11) is 0. The van der Waals surface area contributed by atoms with E-state index < -0.39 is 0 Å². The fraction of sp³-hybridized carbons (Fsp3) is 0.500. The van der Waals surface area contributed by atoms with Crippen LogP contribution in [0, 0.1) is 5.21 Å². The number of likely N-dealkylation sites (tertiary alicyclic amines) is 1. The van der Waals surface area contributed by atoms with Gasteiger partial charge in [-0.15, -0.1) is 0 Å². The van der Waals surface area contributed by atoms with Crippen LogP contribution in [0.2, 0.25) is 0 Å². The highest BCUT2D eigenvalue weighted by atomic mass is 16.5. The lowest BCUT2D eigenvalue weighted by Crippen LogP contribution is -2.40. The average Bonchev–Trinajstić information content (AvgIpc) is 2.65. The Balaban J connectivity index is 1.88. The fourth-order valence-corrected chi connectivity index (χ4v) is 2.11. The molecule has 0 bridgehead atoms. The molecule has 0 saturated carbocycles. The first-order valence-corrected chi connectivity index (χ1v) is 5.40. The summed E-state index contributed by atoms with van der Waals surface area (Å²) in [5.41, 5.74) is 1.28. The highest BCUT2D eigenvalue weighted by Crippen LogP contribution is 2.18. The summed E-state index contributed by atoms with van der Waals surface area (Å²) in [6.07, 6.45) is 3.14. The summed E-state index contributed by atoms with van der Waals surface area (Å²) in [6, 6.07) is 10.3. The van der Waals surface area contributed by atoms with Gasteiger partial charge < -0.3 is 9.85 Å². The van der Waals surface area contributed by atoms with E-state index in [2.05, 4.69) is 12.1 Å². The maximum absolute atomic E-state index is 12.0. The highest BCUT2D eigenvalue weighted by Gasteiger charge is 2.21. The van der Waals surface area contributed by atoms with Crippen LogP contribution in [0.3, 0.4) is 0 Å². The molecule has 1 aliphatic heterocycles. The molecule has 1 saturated heterocycles. The van der Waals surface area contributed by atoms with Gasteiger partial charge in [0.25, 0.3) is 0 Å². The van der Waals surface area contributed by atoms with Crippen molar-refractivity contribution < 1.29 is 4.65 Å². The Morgan fingerprint density at radius 1 is 1.07 bits per heavy atom. The maximum atomic E-state index is 12.0. The van der Waals surface area contributed by atoms with E-state index in [-0.39, 0.29) is 4.65 Å². The molecule has 2 heteroatoms. The predicted molar refractivity (Wildman–Crippen MR) is 57.6 cm³/mol. The summed E-state index contributed by atoms with van der Waals surface area (Å²) in [5, 5.41) is 12.0. The molecule has 0 atom stereocenters. The third-order valence-electron chi connectivity index (χ3n) is 3.03. The highest BCUT2D eigenvalue weighted by molar-refractivity contribution is 5.14. The minimum Gasteiger partial charge on any atom is -0.633 e. The Kier molecular flexibility index (Phi) is 2.85. The smallest absolute Gasteiger partial charge is 0.0824 e. The van der Waals surface area contributed by atoms with Crippen LogP contribution in [0.15, 0.2) is 30.3 Å². The van der Waals surface area contributed by atoms with Gasteiger partial charge in [-0.3, -0.25) is 0 Å². The van der Waals surface area contributed by atoms with E-state index in [1.165, 1.54) is 5.56 Å². The van der Waals surface area contributed by atoms with E-state index in [0.717, 1.165) is 38.9 Å². The van der Waals surface area contributed by atoms with Gasteiger partial charge in [0.05, 0.1) is 19.6 Å². The van der Waals surface area contributed by atoms with Crippen molar-refractivity contribution in [3.63, 3.8) is 0 Å². The van der Waals surface area contributed by atoms with Crippen LogP contribution in [0.1, 0.15) is 18.4 Å². The van der Waals surface area contributed by atoms with E-state index in [9.17, 15) is 5.21 Å². The second-order valence-electron chi connectivity index (χ2n) is 4.17. The molecule has 1 fully saturated rings. The van der Waals surface area contributed by atoms with E-state index in [1.807, 2.05) is 18.2 Å². The normalized spacial score (nSPS) is 19.8. The topological polar surface area (TPSA) is 23.1 Å². The van der Waals surface area contributed by atoms with Gasteiger partial charge in [0.15, 0.2) is 0 Å². The van der Waals surface area contributed by atoms with E-state index in [4.69, 9.17) is 0 Å². The molecular formula is C12H17NO. The molecule has 1 heterocycles. The lowest BCUT2D eigenvalue weighted by Gasteiger charge is -2.38. The Bertz CT molecular complexity index is 278. The Morgan fingerprint density at radius 3 is 2.36 bits per heavy atom. The minimum atomic E-state index is 0.0366. The molecule has 1 aromatic rings. The van der Waals surface area contributed by atoms with Gasteiger partial charge in [-0.05, 0) is 5.56 Å². The van der Waals surface area contributed by atoms with Crippen LogP contribution in [-0.2, 0) is 6.42 Å². The summed E-state index contributed by atoms with van der Waals surface area (Å²) in [6.45, 7) is 2.41. The lowest BCUT2D eigenvalue weighted by atomic mass is 10.1. The maximum Gasteiger partial charge on any atom is 0.0824 e. The molecule has 2 nitrogen and oxygen atoms in total. The van der Waals surface area contributed by atoms with Crippen LogP contribution in [0.5, 0.6) is 0 Å². The molecule has 2 rings (SSSR count). The van der Waals surface area contributed by atoms with Crippen LogP contribution >= 0.6 is 0 Å². The van der Waals surface area contributed by atoms with Crippen molar-refractivity contribution in [1.82, 2.24) is 0 Å². The van der Waals surface area contributed by atoms with E-state index in [0.29, 0.717) is 0 Å². The molecule has 0 unspecified atom stereocenters. The second-order valence-corrected chi connectivity index (χ2v) is 4.17. The monoisotopic (exact) mass is 191 g/mol. The van der Waals surface area contributed by atoms with Crippen LogP contribution in [0.25, 0.3) is 0 Å². The Hall–Kier alpha value is -0.860. The summed E-state index contributed by atoms with van der Waals surface area (Å²) in [4.78, 5) is 0. The molecule has 0 N–H and O–H groups in total. The summed E-state index contributed by atoms with van der Waals surface area (Å²) < 4.78 is 0.0366. The number of hydrogen-bond acceptors (Lipinski definition) is 1. The van der Waals surface area contributed by atoms with Gasteiger partial charge in [-0.2, -0.15) is 0 Å². The minimum absolute atomic E-state index is 0.0366. The number of rotatable bonds is 3. The molecule has 76 valence electrons. The van der Waals surface area contributed by atoms with Crippen molar-refractivity contribution in [3.8, 4) is 0 Å². The van der Waals surface area contributed by atoms with E-state index in [1.54, 1.807) is 0 Å². The first kappa shape index (κ1) is 9.69. The zero-order valence-electron chi connectivity index (χ0n) is 8.48. The van der Waals surface area contributed by atoms with Gasteiger partial charge in [-0.1, -0.05) is 30.3 Å². The van der Waals surface area contributed by atoms with Crippen molar-refractivity contribution in [2.75, 3.05) is 19.6 Å². The first-order chi connectivity index (χ1) is 6.79. The predicted octanol–water partition coefficient (Wildman–Crippen LogP) is 2.34. The van der Waals surface area contributed by atoms with Crippen molar-refractivity contribution in [3.05, 3.63) is 41.1 Å². The molecule has 0 amide bonds. The first-order valence-electron chi connectivity index (χ1n) is 5.40. The molecular weight excluding hydrogens is 174 g/mol. The number of benzene rings is 1. The van der Waals surface area contributed by atoms with E-state index >= 15 is 0 Å². The Morgan fingerprint density at radius 2 is 1.71 bits per heavy atom. The zero-order valence-corrected chi connectivity index (χ0v) is 8.48. The van der Waals surface area contributed by atoms with Gasteiger partial charge in [0.1, 0.15) is 0 Å². The fourth-order valence-electron chi connectivity index (χ4n) is 2.11. The quantitative estimate of drug-likeness (QED) is 0.531. The molecule has 0 aromatic heterocycles. The van der Waals surface area contributed by atoms with Crippen LogP contribution in [-0.4, -0.2) is 24.3 Å². The van der Waals surface area contributed by atoms with Gasteiger partial charge in [0, 0.05) is 19.3 Å². The second kappa shape index (κ2) is 4.11. The summed E-state index contributed by atoms with van der Waals surface area (Å²) >= 11 is 0. The average molecular weight is 191 g/mol. The number of hydrogen-bond donors (Lipinski definition) is 0. The number of nitrogens with zero attached hydrogens (tertiary/aromatic N) is 1. The van der Waals surface area contributed by atoms with Crippen molar-refractivity contribution in [2.24, 2.45) is 0 Å². The standard InChI is InChI=1S/C12H17NO/c14-13(9-4-5-10-13)11-8-12-6-2-1-3-7-12/h1-3,6-7H,4-5,8-11H2. The molecule has 1 aliphatic rings. The molecule has 0 spiro atoms. The summed E-state index contributed by atoms with van der Waals surface area (Å²) in [5.74, 6) is 0. The lowest BCUT2D eigenvalue weighted by molar-refractivity contribution is -0.868. The largest absolute Gasteiger partial charge is 0.633 e. The molecule has 0 radical (unpaired) electrons. The van der Waals surface area contributed by atoms with Crippen LogP contribution < -0.4 is 0 Å². The number of quaternary nitrogens is 1. The van der Waals surface area contributed by atoms with Crippen molar-refractivity contribution in [2.45, 2.75) is 19.3 Å². The molecule has 14 heavy (non-hydrogen) atoms.